The van der Waals surface area contributed by atoms with Crippen molar-refractivity contribution in [3.63, 3.8) is 0 Å². The highest BCUT2D eigenvalue weighted by molar-refractivity contribution is 5.12. The van der Waals surface area contributed by atoms with Crippen LogP contribution in [0.3, 0.4) is 0 Å². The highest BCUT2D eigenvalue weighted by atomic mass is 15.2. The van der Waals surface area contributed by atoms with E-state index in [-0.39, 0.29) is 12.1 Å². The van der Waals surface area contributed by atoms with Crippen molar-refractivity contribution in [1.29, 1.82) is 0 Å². The Morgan fingerprint density at radius 1 is 1.41 bits per heavy atom. The van der Waals surface area contributed by atoms with Crippen molar-refractivity contribution in [2.45, 2.75) is 39.3 Å². The van der Waals surface area contributed by atoms with Crippen LogP contribution in [-0.2, 0) is 7.05 Å². The molecule has 1 rings (SSSR count). The Balaban J connectivity index is 2.72. The molecular formula is C13H26N4. The predicted molar refractivity (Wildman–Crippen MR) is 71.7 cm³/mol. The first-order chi connectivity index (χ1) is 7.91. The van der Waals surface area contributed by atoms with E-state index in [1.165, 1.54) is 12.0 Å². The predicted octanol–water partition coefficient (Wildman–Crippen LogP) is 1.79. The van der Waals surface area contributed by atoms with Crippen LogP contribution >= 0.6 is 0 Å². The Morgan fingerprint density at radius 2 is 2.06 bits per heavy atom. The molecule has 1 heterocycles. The standard InChI is InChI=1S/C13H26N4/c1-10(2)6-7-16(4)13(11(3)14)12-8-15-17(5)9-12/h8-11,13H,6-7,14H2,1-5H3. The van der Waals surface area contributed by atoms with Crippen molar-refractivity contribution in [2.24, 2.45) is 18.7 Å². The number of hydrogen-bond acceptors (Lipinski definition) is 3. The molecule has 2 N–H and O–H groups in total. The van der Waals surface area contributed by atoms with Crippen molar-refractivity contribution < 1.29 is 0 Å². The van der Waals surface area contributed by atoms with Crippen LogP contribution in [-0.4, -0.2) is 34.3 Å². The minimum absolute atomic E-state index is 0.108. The van der Waals surface area contributed by atoms with Crippen molar-refractivity contribution in [2.75, 3.05) is 13.6 Å². The molecule has 0 saturated heterocycles. The van der Waals surface area contributed by atoms with Gasteiger partial charge in [0, 0.05) is 24.8 Å². The van der Waals surface area contributed by atoms with Crippen LogP contribution in [0.1, 0.15) is 38.8 Å². The second-order valence-electron chi connectivity index (χ2n) is 5.41. The Kier molecular flexibility index (Phi) is 5.15. The number of nitrogens with two attached hydrogens (primary N) is 1. The summed E-state index contributed by atoms with van der Waals surface area (Å²) in [6.45, 7) is 7.62. The van der Waals surface area contributed by atoms with Crippen LogP contribution in [0.5, 0.6) is 0 Å². The fourth-order valence-corrected chi connectivity index (χ4v) is 2.15. The van der Waals surface area contributed by atoms with Crippen LogP contribution in [0.2, 0.25) is 0 Å². The number of aromatic nitrogens is 2. The Morgan fingerprint density at radius 3 is 2.47 bits per heavy atom. The summed E-state index contributed by atoms with van der Waals surface area (Å²) in [4.78, 5) is 2.34. The number of likely N-dealkylation sites (N-methyl/N-ethyl adjacent to an activating group) is 1. The zero-order valence-corrected chi connectivity index (χ0v) is 11.7. The second-order valence-corrected chi connectivity index (χ2v) is 5.41. The van der Waals surface area contributed by atoms with Gasteiger partial charge in [0.05, 0.1) is 12.2 Å². The summed E-state index contributed by atoms with van der Waals surface area (Å²) in [7, 11) is 4.08. The van der Waals surface area contributed by atoms with Gasteiger partial charge in [0.25, 0.3) is 0 Å². The molecule has 2 atom stereocenters. The molecule has 4 nitrogen and oxygen atoms in total. The lowest BCUT2D eigenvalue weighted by molar-refractivity contribution is 0.208. The van der Waals surface area contributed by atoms with E-state index in [4.69, 9.17) is 5.73 Å². The summed E-state index contributed by atoms with van der Waals surface area (Å²) in [6, 6.07) is 0.360. The van der Waals surface area contributed by atoms with E-state index < -0.39 is 0 Å². The second kappa shape index (κ2) is 6.17. The topological polar surface area (TPSA) is 47.1 Å². The molecule has 4 heteroatoms. The largest absolute Gasteiger partial charge is 0.326 e. The summed E-state index contributed by atoms with van der Waals surface area (Å²) in [5, 5.41) is 4.23. The lowest BCUT2D eigenvalue weighted by Crippen LogP contribution is -2.37. The third-order valence-electron chi connectivity index (χ3n) is 3.10. The quantitative estimate of drug-likeness (QED) is 0.822. The number of rotatable bonds is 6. The van der Waals surface area contributed by atoms with Gasteiger partial charge in [-0.3, -0.25) is 9.58 Å². The molecule has 1 aromatic rings. The maximum absolute atomic E-state index is 6.11. The van der Waals surface area contributed by atoms with Crippen LogP contribution in [0, 0.1) is 5.92 Å². The third-order valence-corrected chi connectivity index (χ3v) is 3.10. The minimum Gasteiger partial charge on any atom is -0.326 e. The van der Waals surface area contributed by atoms with Gasteiger partial charge in [-0.1, -0.05) is 13.8 Å². The first-order valence-electron chi connectivity index (χ1n) is 6.36. The van der Waals surface area contributed by atoms with Crippen LogP contribution in [0.25, 0.3) is 0 Å². The maximum Gasteiger partial charge on any atom is 0.0538 e. The van der Waals surface area contributed by atoms with Crippen LogP contribution in [0.4, 0.5) is 0 Å². The summed E-state index contributed by atoms with van der Waals surface area (Å²) in [5.41, 5.74) is 7.31. The smallest absolute Gasteiger partial charge is 0.0538 e. The van der Waals surface area contributed by atoms with E-state index in [0.29, 0.717) is 0 Å². The molecule has 0 aliphatic carbocycles. The molecule has 0 spiro atoms. The molecule has 0 aliphatic rings. The number of aryl methyl sites for hydroxylation is 1. The fraction of sp³-hybridized carbons (Fsp3) is 0.769. The first kappa shape index (κ1) is 14.2. The van der Waals surface area contributed by atoms with Gasteiger partial charge in [0.15, 0.2) is 0 Å². The van der Waals surface area contributed by atoms with Gasteiger partial charge >= 0.3 is 0 Å². The average Bonchev–Trinajstić information content (AvgIpc) is 2.61. The minimum atomic E-state index is 0.108. The molecule has 2 unspecified atom stereocenters. The van der Waals surface area contributed by atoms with Gasteiger partial charge in [-0.15, -0.1) is 0 Å². The molecule has 0 aliphatic heterocycles. The van der Waals surface area contributed by atoms with E-state index in [9.17, 15) is 0 Å². The monoisotopic (exact) mass is 238 g/mol. The molecule has 98 valence electrons. The summed E-state index contributed by atoms with van der Waals surface area (Å²) in [5.74, 6) is 0.722. The highest BCUT2D eigenvalue weighted by Crippen LogP contribution is 2.22. The highest BCUT2D eigenvalue weighted by Gasteiger charge is 2.22. The number of nitrogens with zero attached hydrogens (tertiary/aromatic N) is 3. The normalized spacial score (nSPS) is 15.5. The molecular weight excluding hydrogens is 212 g/mol. The van der Waals surface area contributed by atoms with Gasteiger partial charge in [-0.05, 0) is 32.9 Å². The van der Waals surface area contributed by atoms with E-state index in [2.05, 4.69) is 44.0 Å². The molecule has 0 bridgehead atoms. The molecule has 0 saturated carbocycles. The van der Waals surface area contributed by atoms with Crippen molar-refractivity contribution in [1.82, 2.24) is 14.7 Å². The van der Waals surface area contributed by atoms with E-state index >= 15 is 0 Å². The van der Waals surface area contributed by atoms with Crippen LogP contribution < -0.4 is 5.73 Å². The van der Waals surface area contributed by atoms with E-state index in [1.807, 2.05) is 17.9 Å². The summed E-state index contributed by atoms with van der Waals surface area (Å²) in [6.07, 6.45) is 5.17. The van der Waals surface area contributed by atoms with Gasteiger partial charge in [-0.2, -0.15) is 5.10 Å². The van der Waals surface area contributed by atoms with Crippen molar-refractivity contribution >= 4 is 0 Å². The fourth-order valence-electron chi connectivity index (χ4n) is 2.15. The molecule has 17 heavy (non-hydrogen) atoms. The Bertz CT molecular complexity index is 330. The zero-order chi connectivity index (χ0) is 13.0. The van der Waals surface area contributed by atoms with Gasteiger partial charge in [-0.25, -0.2) is 0 Å². The number of hydrogen-bond donors (Lipinski definition) is 1. The van der Waals surface area contributed by atoms with E-state index in [1.54, 1.807) is 0 Å². The van der Waals surface area contributed by atoms with Gasteiger partial charge < -0.3 is 5.73 Å². The SMILES string of the molecule is CC(C)CCN(C)C(c1cnn(C)c1)C(C)N. The Hall–Kier alpha value is -0.870. The third kappa shape index (κ3) is 4.13. The van der Waals surface area contributed by atoms with E-state index in [0.717, 1.165) is 12.5 Å². The first-order valence-corrected chi connectivity index (χ1v) is 6.36. The molecule has 0 aromatic carbocycles. The van der Waals surface area contributed by atoms with Gasteiger partial charge in [0.1, 0.15) is 0 Å². The molecule has 0 radical (unpaired) electrons. The van der Waals surface area contributed by atoms with Crippen molar-refractivity contribution in [3.05, 3.63) is 18.0 Å². The maximum atomic E-state index is 6.11. The van der Waals surface area contributed by atoms with Crippen molar-refractivity contribution in [3.8, 4) is 0 Å². The zero-order valence-electron chi connectivity index (χ0n) is 11.7. The lowest BCUT2D eigenvalue weighted by atomic mass is 10.0. The van der Waals surface area contributed by atoms with Crippen LogP contribution in [0.15, 0.2) is 12.4 Å². The lowest BCUT2D eigenvalue weighted by Gasteiger charge is -2.30. The van der Waals surface area contributed by atoms with Gasteiger partial charge in [0.2, 0.25) is 0 Å². The molecule has 1 aromatic heterocycles. The molecule has 0 fully saturated rings. The summed E-state index contributed by atoms with van der Waals surface area (Å²) < 4.78 is 1.83. The average molecular weight is 238 g/mol. The Labute approximate surface area is 105 Å². The summed E-state index contributed by atoms with van der Waals surface area (Å²) >= 11 is 0. The molecule has 0 amide bonds.